The molecule has 0 unspecified atom stereocenters. The third kappa shape index (κ3) is 2.94. The maximum absolute atomic E-state index is 14.4. The van der Waals surface area contributed by atoms with Crippen molar-refractivity contribution in [2.75, 3.05) is 0 Å². The van der Waals surface area contributed by atoms with Crippen molar-refractivity contribution in [1.29, 1.82) is 0 Å². The summed E-state index contributed by atoms with van der Waals surface area (Å²) in [5.74, 6) is -2.41. The van der Waals surface area contributed by atoms with Crippen molar-refractivity contribution in [3.8, 4) is 17.0 Å². The largest absolute Gasteiger partial charge is 0.477 e. The molecule has 0 aliphatic heterocycles. The first kappa shape index (κ1) is 18.5. The molecule has 0 bridgehead atoms. The molecule has 0 atom stereocenters. The highest BCUT2D eigenvalue weighted by molar-refractivity contribution is 7.15. The van der Waals surface area contributed by atoms with E-state index in [0.717, 1.165) is 12.1 Å². The number of aromatic hydroxyl groups is 1. The monoisotopic (exact) mass is 420 g/mol. The van der Waals surface area contributed by atoms with Crippen LogP contribution in [0.3, 0.4) is 0 Å². The van der Waals surface area contributed by atoms with Crippen molar-refractivity contribution in [3.05, 3.63) is 79.6 Å². The minimum absolute atomic E-state index is 0.119. The molecular weight excluding hydrogens is 408 g/mol. The zero-order valence-electron chi connectivity index (χ0n) is 14.5. The summed E-state index contributed by atoms with van der Waals surface area (Å²) in [5, 5.41) is 10.9. The first-order valence-corrected chi connectivity index (χ1v) is 9.39. The first-order chi connectivity index (χ1) is 13.4. The summed E-state index contributed by atoms with van der Waals surface area (Å²) in [6, 6.07) is 6.69. The van der Waals surface area contributed by atoms with E-state index in [1.54, 1.807) is 25.3 Å². The number of pyridine rings is 1. The Bertz CT molecular complexity index is 1270. The van der Waals surface area contributed by atoms with Crippen LogP contribution >= 0.6 is 22.9 Å². The number of aromatic nitrogens is 3. The molecule has 3 heterocycles. The number of nitrogens with zero attached hydrogens (tertiary/aromatic N) is 3. The Balaban J connectivity index is 2.12. The molecule has 0 aliphatic carbocycles. The van der Waals surface area contributed by atoms with Gasteiger partial charge in [-0.3, -0.25) is 0 Å². The number of halogens is 3. The van der Waals surface area contributed by atoms with Gasteiger partial charge in [-0.2, -0.15) is 8.97 Å². The predicted molar refractivity (Wildman–Crippen MR) is 102 cm³/mol. The van der Waals surface area contributed by atoms with Gasteiger partial charge in [0.2, 0.25) is 0 Å². The second kappa shape index (κ2) is 6.96. The average molecular weight is 421 g/mol. The molecule has 0 saturated heterocycles. The van der Waals surface area contributed by atoms with Crippen molar-refractivity contribution in [2.45, 2.75) is 13.5 Å². The quantitative estimate of drug-likeness (QED) is 0.514. The van der Waals surface area contributed by atoms with E-state index in [9.17, 15) is 18.7 Å². The number of hydrogen-bond acceptors (Lipinski definition) is 4. The molecule has 5 nitrogen and oxygen atoms in total. The van der Waals surface area contributed by atoms with E-state index in [1.807, 2.05) is 0 Å². The molecule has 1 aromatic carbocycles. The Hall–Kier alpha value is -2.84. The highest BCUT2D eigenvalue weighted by Gasteiger charge is 2.30. The molecule has 0 aliphatic rings. The fraction of sp³-hybridized carbons (Fsp3) is 0.105. The maximum atomic E-state index is 14.4. The fourth-order valence-corrected chi connectivity index (χ4v) is 4.15. The van der Waals surface area contributed by atoms with Crippen LogP contribution in [0.25, 0.3) is 16.8 Å². The molecule has 28 heavy (non-hydrogen) atoms. The summed E-state index contributed by atoms with van der Waals surface area (Å²) < 4.78 is 31.8. The molecule has 142 valence electrons. The topological polar surface area (TPSA) is 59.2 Å². The van der Waals surface area contributed by atoms with Crippen molar-refractivity contribution in [3.63, 3.8) is 0 Å². The van der Waals surface area contributed by atoms with Gasteiger partial charge in [0.15, 0.2) is 10.0 Å². The molecule has 4 rings (SSSR count). The van der Waals surface area contributed by atoms with E-state index in [1.165, 1.54) is 32.6 Å². The van der Waals surface area contributed by atoms with Crippen molar-refractivity contribution >= 4 is 28.6 Å². The first-order valence-electron chi connectivity index (χ1n) is 8.20. The normalized spacial score (nSPS) is 11.3. The number of hydrogen-bond donors (Lipinski definition) is 1. The minimum atomic E-state index is -0.938. The lowest BCUT2D eigenvalue weighted by Gasteiger charge is -2.11. The summed E-state index contributed by atoms with van der Waals surface area (Å²) in [4.78, 5) is 17.7. The van der Waals surface area contributed by atoms with Crippen LogP contribution in [0.15, 0.2) is 47.5 Å². The SMILES string of the molecule is Cc1ccc[n+]2c(=O)c(-c3c(F)cccc3F)c(O)n(Cc3cnc(Cl)s3)c12. The predicted octanol–water partition coefficient (Wildman–Crippen LogP) is 3.70. The molecule has 3 aromatic heterocycles. The van der Waals surface area contributed by atoms with Gasteiger partial charge < -0.3 is 5.11 Å². The molecule has 1 N–H and O–H groups in total. The summed E-state index contributed by atoms with van der Waals surface area (Å²) in [5.41, 5.74) is -0.647. The van der Waals surface area contributed by atoms with Crippen LogP contribution in [-0.4, -0.2) is 14.7 Å². The molecule has 0 amide bonds. The fourth-order valence-electron chi connectivity index (χ4n) is 3.18. The smallest absolute Gasteiger partial charge is 0.354 e. The van der Waals surface area contributed by atoms with E-state index in [-0.39, 0.29) is 6.54 Å². The van der Waals surface area contributed by atoms with E-state index in [2.05, 4.69) is 4.98 Å². The molecule has 9 heteroatoms. The Morgan fingerprint density at radius 2 is 1.93 bits per heavy atom. The number of fused-ring (bicyclic) bond motifs is 1. The molecule has 0 saturated carbocycles. The molecule has 0 radical (unpaired) electrons. The van der Waals surface area contributed by atoms with Gasteiger partial charge in [-0.1, -0.05) is 17.7 Å². The second-order valence-corrected chi connectivity index (χ2v) is 7.85. The lowest BCUT2D eigenvalue weighted by Crippen LogP contribution is -2.44. The lowest BCUT2D eigenvalue weighted by molar-refractivity contribution is -0.532. The Kier molecular flexibility index (Phi) is 4.60. The highest BCUT2D eigenvalue weighted by Crippen LogP contribution is 2.32. The zero-order valence-corrected chi connectivity index (χ0v) is 16.1. The van der Waals surface area contributed by atoms with Crippen LogP contribution < -0.4 is 9.96 Å². The van der Waals surface area contributed by atoms with Gasteiger partial charge >= 0.3 is 5.56 Å². The third-order valence-corrected chi connectivity index (χ3v) is 5.48. The van der Waals surface area contributed by atoms with Gasteiger partial charge in [0.05, 0.1) is 16.6 Å². The molecule has 4 aromatic rings. The van der Waals surface area contributed by atoms with Gasteiger partial charge in [0, 0.05) is 11.8 Å². The maximum Gasteiger partial charge on any atom is 0.354 e. The average Bonchev–Trinajstić information content (AvgIpc) is 3.06. The standard InChI is InChI=1S/C19H12ClF2N3O2S/c1-10-4-3-7-24-16(10)25(9-11-8-23-19(20)28-11)18(27)15(17(24)26)14-12(21)5-2-6-13(14)22/h2-8H,9H2,1H3/p+1. The van der Waals surface area contributed by atoms with E-state index in [0.29, 0.717) is 20.6 Å². The molecule has 0 fully saturated rings. The summed E-state index contributed by atoms with van der Waals surface area (Å²) in [7, 11) is 0. The summed E-state index contributed by atoms with van der Waals surface area (Å²) in [6.45, 7) is 1.89. The Morgan fingerprint density at radius 1 is 1.21 bits per heavy atom. The number of rotatable bonds is 3. The van der Waals surface area contributed by atoms with Crippen LogP contribution in [0.5, 0.6) is 5.88 Å². The van der Waals surface area contributed by atoms with E-state index in [4.69, 9.17) is 11.6 Å². The third-order valence-electron chi connectivity index (χ3n) is 4.38. The van der Waals surface area contributed by atoms with Crippen molar-refractivity contribution in [2.24, 2.45) is 0 Å². The number of benzene rings is 1. The molecular formula is C19H13ClF2N3O2S+. The zero-order chi connectivity index (χ0) is 20.0. The van der Waals surface area contributed by atoms with Crippen LogP contribution in [-0.2, 0) is 6.54 Å². The Labute approximate surface area is 166 Å². The Morgan fingerprint density at radius 3 is 2.57 bits per heavy atom. The van der Waals surface area contributed by atoms with Gasteiger partial charge in [0.25, 0.3) is 11.5 Å². The number of thiazole rings is 1. The van der Waals surface area contributed by atoms with Crippen LogP contribution in [0, 0.1) is 18.6 Å². The van der Waals surface area contributed by atoms with Crippen LogP contribution in [0.4, 0.5) is 8.78 Å². The van der Waals surface area contributed by atoms with Gasteiger partial charge in [-0.25, -0.2) is 18.6 Å². The van der Waals surface area contributed by atoms with E-state index < -0.39 is 34.2 Å². The van der Waals surface area contributed by atoms with Crippen molar-refractivity contribution < 1.29 is 18.3 Å². The van der Waals surface area contributed by atoms with Gasteiger partial charge in [-0.15, -0.1) is 11.3 Å². The lowest BCUT2D eigenvalue weighted by atomic mass is 10.1. The highest BCUT2D eigenvalue weighted by atomic mass is 35.5. The van der Waals surface area contributed by atoms with Crippen LogP contribution in [0.2, 0.25) is 4.47 Å². The van der Waals surface area contributed by atoms with Gasteiger partial charge in [-0.05, 0) is 31.2 Å². The molecule has 0 spiro atoms. The second-order valence-electron chi connectivity index (χ2n) is 6.15. The van der Waals surface area contributed by atoms with Crippen LogP contribution in [0.1, 0.15) is 10.4 Å². The minimum Gasteiger partial charge on any atom is -0.477 e. The van der Waals surface area contributed by atoms with Gasteiger partial charge in [0.1, 0.15) is 18.2 Å². The van der Waals surface area contributed by atoms with Crippen molar-refractivity contribution in [1.82, 2.24) is 9.55 Å². The number of aryl methyl sites for hydroxylation is 1. The summed E-state index contributed by atoms with van der Waals surface area (Å²) in [6.07, 6.45) is 3.03. The van der Waals surface area contributed by atoms with E-state index >= 15 is 0 Å². The summed E-state index contributed by atoms with van der Waals surface area (Å²) >= 11 is 7.10.